The average molecular weight is 286 g/mol. The van der Waals surface area contributed by atoms with Gasteiger partial charge in [-0.05, 0) is 26.0 Å². The molecule has 0 bridgehead atoms. The summed E-state index contributed by atoms with van der Waals surface area (Å²) in [6.07, 6.45) is 0. The Morgan fingerprint density at radius 3 is 2.38 bits per heavy atom. The molecule has 1 aromatic rings. The minimum atomic E-state index is -1.38. The number of carboxylic acids is 1. The third-order valence-corrected chi connectivity index (χ3v) is 2.12. The third kappa shape index (κ3) is 3.06. The highest BCUT2D eigenvalue weighted by molar-refractivity contribution is 9.10. The highest BCUT2D eigenvalue weighted by Crippen LogP contribution is 2.23. The van der Waals surface area contributed by atoms with E-state index in [1.165, 1.54) is 18.2 Å². The number of carboxylic acid groups (broad SMARTS) is 1. The Kier molecular flexibility index (Phi) is 3.70. The number of ether oxygens (including phenoxy) is 1. The lowest BCUT2D eigenvalue weighted by molar-refractivity contribution is -0.255. The number of rotatable bonds is 3. The Balaban J connectivity index is 2.98. The van der Waals surface area contributed by atoms with Crippen LogP contribution in [0.25, 0.3) is 0 Å². The molecule has 0 saturated carbocycles. The summed E-state index contributed by atoms with van der Waals surface area (Å²) in [6, 6.07) is 5.83. The number of esters is 1. The summed E-state index contributed by atoms with van der Waals surface area (Å²) in [5, 5.41) is 10.7. The lowest BCUT2D eigenvalue weighted by atomic mass is 10.2. The molecule has 0 aliphatic carbocycles. The quantitative estimate of drug-likeness (QED) is 0.474. The fourth-order valence-electron chi connectivity index (χ4n) is 0.945. The zero-order chi connectivity index (χ0) is 12.3. The van der Waals surface area contributed by atoms with E-state index in [0.717, 1.165) is 0 Å². The molecule has 1 rings (SSSR count). The van der Waals surface area contributed by atoms with Gasteiger partial charge >= 0.3 is 5.97 Å². The predicted molar refractivity (Wildman–Crippen MR) is 59.4 cm³/mol. The molecule has 0 amide bonds. The Hall–Kier alpha value is -1.36. The highest BCUT2D eigenvalue weighted by Gasteiger charge is 2.26. The molecule has 0 N–H and O–H groups in total. The van der Waals surface area contributed by atoms with Gasteiger partial charge in [0.2, 0.25) is 0 Å². The molecule has 0 heterocycles. The molecular formula is C11H10BrO4-. The number of para-hydroxylation sites is 1. The molecule has 0 atom stereocenters. The minimum Gasteiger partial charge on any atom is -0.545 e. The fourth-order valence-corrected chi connectivity index (χ4v) is 1.03. The Bertz CT molecular complexity index is 420. The van der Waals surface area contributed by atoms with Crippen molar-refractivity contribution in [2.45, 2.75) is 18.2 Å². The average Bonchev–Trinajstić information content (AvgIpc) is 2.16. The van der Waals surface area contributed by atoms with Crippen molar-refractivity contribution in [1.29, 1.82) is 0 Å². The normalized spacial score (nSPS) is 10.9. The molecule has 1 aromatic carbocycles. The van der Waals surface area contributed by atoms with Crippen molar-refractivity contribution in [1.82, 2.24) is 0 Å². The molecule has 0 fully saturated rings. The Morgan fingerprint density at radius 1 is 1.31 bits per heavy atom. The van der Waals surface area contributed by atoms with E-state index in [1.54, 1.807) is 19.9 Å². The Morgan fingerprint density at radius 2 is 1.88 bits per heavy atom. The van der Waals surface area contributed by atoms with Crippen LogP contribution in [0.3, 0.4) is 0 Å². The van der Waals surface area contributed by atoms with Gasteiger partial charge in [-0.25, -0.2) is 0 Å². The molecule has 0 aromatic heterocycles. The van der Waals surface area contributed by atoms with Crippen molar-refractivity contribution >= 4 is 27.9 Å². The highest BCUT2D eigenvalue weighted by atomic mass is 79.9. The zero-order valence-electron chi connectivity index (χ0n) is 8.82. The largest absolute Gasteiger partial charge is 0.545 e. The zero-order valence-corrected chi connectivity index (χ0v) is 10.4. The van der Waals surface area contributed by atoms with Crippen LogP contribution in [-0.2, 0) is 4.79 Å². The van der Waals surface area contributed by atoms with Crippen molar-refractivity contribution in [2.75, 3.05) is 0 Å². The molecule has 0 aliphatic heterocycles. The summed E-state index contributed by atoms with van der Waals surface area (Å²) in [5.41, 5.74) is -0.146. The minimum absolute atomic E-state index is 0.0139. The van der Waals surface area contributed by atoms with E-state index in [-0.39, 0.29) is 11.3 Å². The van der Waals surface area contributed by atoms with E-state index < -0.39 is 16.3 Å². The second kappa shape index (κ2) is 4.65. The maximum Gasteiger partial charge on any atom is 0.327 e. The van der Waals surface area contributed by atoms with Crippen molar-refractivity contribution < 1.29 is 19.4 Å². The smallest absolute Gasteiger partial charge is 0.327 e. The summed E-state index contributed by atoms with van der Waals surface area (Å²) >= 11 is 3.13. The van der Waals surface area contributed by atoms with Crippen LogP contribution >= 0.6 is 15.9 Å². The number of benzene rings is 1. The number of alkyl halides is 1. The topological polar surface area (TPSA) is 66.4 Å². The summed E-state index contributed by atoms with van der Waals surface area (Å²) < 4.78 is 4.10. The monoisotopic (exact) mass is 285 g/mol. The van der Waals surface area contributed by atoms with E-state index in [1.807, 2.05) is 0 Å². The number of hydrogen-bond acceptors (Lipinski definition) is 4. The van der Waals surface area contributed by atoms with Gasteiger partial charge in [-0.15, -0.1) is 0 Å². The van der Waals surface area contributed by atoms with Crippen LogP contribution in [0.2, 0.25) is 0 Å². The summed E-state index contributed by atoms with van der Waals surface area (Å²) in [7, 11) is 0. The third-order valence-electron chi connectivity index (χ3n) is 1.80. The van der Waals surface area contributed by atoms with E-state index in [0.29, 0.717) is 0 Å². The molecule has 5 heteroatoms. The van der Waals surface area contributed by atoms with Gasteiger partial charge < -0.3 is 14.6 Å². The van der Waals surface area contributed by atoms with E-state index in [9.17, 15) is 14.7 Å². The molecule has 0 saturated heterocycles. The molecule has 16 heavy (non-hydrogen) atoms. The fraction of sp³-hybridized carbons (Fsp3) is 0.273. The van der Waals surface area contributed by atoms with Crippen molar-refractivity contribution in [2.24, 2.45) is 0 Å². The van der Waals surface area contributed by atoms with Crippen molar-refractivity contribution in [3.63, 3.8) is 0 Å². The van der Waals surface area contributed by atoms with Gasteiger partial charge in [0, 0.05) is 5.56 Å². The Labute approximate surface area is 101 Å². The van der Waals surface area contributed by atoms with Gasteiger partial charge in [-0.1, -0.05) is 28.1 Å². The van der Waals surface area contributed by atoms with Crippen LogP contribution in [0, 0.1) is 0 Å². The first-order valence-electron chi connectivity index (χ1n) is 4.54. The van der Waals surface area contributed by atoms with Gasteiger partial charge in [-0.2, -0.15) is 0 Å². The SMILES string of the molecule is CC(C)(Br)C(=O)Oc1ccccc1C(=O)[O-]. The van der Waals surface area contributed by atoms with Crippen LogP contribution in [0.15, 0.2) is 24.3 Å². The van der Waals surface area contributed by atoms with E-state index >= 15 is 0 Å². The van der Waals surface area contributed by atoms with Crippen LogP contribution in [-0.4, -0.2) is 16.3 Å². The molecular weight excluding hydrogens is 276 g/mol. The first-order chi connectivity index (χ1) is 7.32. The maximum absolute atomic E-state index is 11.5. The van der Waals surface area contributed by atoms with Crippen LogP contribution < -0.4 is 9.84 Å². The molecule has 0 aliphatic rings. The van der Waals surface area contributed by atoms with Gasteiger partial charge in [0.15, 0.2) is 0 Å². The number of carbonyl (C=O) groups is 2. The van der Waals surface area contributed by atoms with Crippen LogP contribution in [0.4, 0.5) is 0 Å². The van der Waals surface area contributed by atoms with Gasteiger partial charge in [0.1, 0.15) is 10.1 Å². The van der Waals surface area contributed by atoms with Gasteiger partial charge in [0.05, 0.1) is 5.97 Å². The molecule has 0 unspecified atom stereocenters. The lowest BCUT2D eigenvalue weighted by Gasteiger charge is -2.16. The number of carbonyl (C=O) groups excluding carboxylic acids is 2. The molecule has 86 valence electrons. The lowest BCUT2D eigenvalue weighted by Crippen LogP contribution is -2.30. The summed E-state index contributed by atoms with van der Waals surface area (Å²) in [4.78, 5) is 22.3. The van der Waals surface area contributed by atoms with Crippen molar-refractivity contribution in [3.05, 3.63) is 29.8 Å². The van der Waals surface area contributed by atoms with Gasteiger partial charge in [-0.3, -0.25) is 4.79 Å². The van der Waals surface area contributed by atoms with Gasteiger partial charge in [0.25, 0.3) is 0 Å². The molecule has 4 nitrogen and oxygen atoms in total. The predicted octanol–water partition coefficient (Wildman–Crippen LogP) is 1.13. The number of aromatic carboxylic acids is 1. The maximum atomic E-state index is 11.5. The summed E-state index contributed by atoms with van der Waals surface area (Å²) in [6.45, 7) is 3.22. The molecule has 0 radical (unpaired) electrons. The van der Waals surface area contributed by atoms with Crippen LogP contribution in [0.1, 0.15) is 24.2 Å². The first kappa shape index (κ1) is 12.7. The molecule has 0 spiro atoms. The first-order valence-corrected chi connectivity index (χ1v) is 5.33. The second-order valence-electron chi connectivity index (χ2n) is 3.65. The second-order valence-corrected chi connectivity index (χ2v) is 5.63. The van der Waals surface area contributed by atoms with Crippen molar-refractivity contribution in [3.8, 4) is 5.75 Å². The standard InChI is InChI=1S/C11H11BrO4/c1-11(2,12)10(15)16-8-6-4-3-5-7(8)9(13)14/h3-6H,1-2H3,(H,13,14)/p-1. The van der Waals surface area contributed by atoms with E-state index in [4.69, 9.17) is 4.74 Å². The van der Waals surface area contributed by atoms with E-state index in [2.05, 4.69) is 15.9 Å². The summed E-state index contributed by atoms with van der Waals surface area (Å²) in [5.74, 6) is -1.96. The number of halogens is 1. The number of hydrogen-bond donors (Lipinski definition) is 0. The van der Waals surface area contributed by atoms with Crippen LogP contribution in [0.5, 0.6) is 5.75 Å².